The molecule has 0 fully saturated rings. The number of halogens is 1. The van der Waals surface area contributed by atoms with Crippen LogP contribution in [0.25, 0.3) is 6.08 Å². The van der Waals surface area contributed by atoms with Crippen molar-refractivity contribution >= 4 is 23.7 Å². The standard InChI is InChI=1S/C17H17ClN2O2/c1-22-16-8-4-13(5-9-16)10-11-19-17(21)20-12-14-2-6-15(18)7-3-14/h2-11H,12H2,1H3,(H2,19,20,21). The van der Waals surface area contributed by atoms with E-state index in [2.05, 4.69) is 10.6 Å². The summed E-state index contributed by atoms with van der Waals surface area (Å²) in [6.07, 6.45) is 3.40. The molecule has 22 heavy (non-hydrogen) atoms. The molecular formula is C17H17ClN2O2. The monoisotopic (exact) mass is 316 g/mol. The van der Waals surface area contributed by atoms with Crippen LogP contribution in [0.15, 0.2) is 54.7 Å². The third kappa shape index (κ3) is 5.14. The average Bonchev–Trinajstić information content (AvgIpc) is 2.55. The Morgan fingerprint density at radius 3 is 2.45 bits per heavy atom. The summed E-state index contributed by atoms with van der Waals surface area (Å²) in [5.74, 6) is 0.797. The molecule has 5 heteroatoms. The molecule has 2 rings (SSSR count). The van der Waals surface area contributed by atoms with Crippen molar-refractivity contribution < 1.29 is 9.53 Å². The number of carbonyl (C=O) groups is 1. The number of urea groups is 1. The first-order valence-corrected chi connectivity index (χ1v) is 7.14. The van der Waals surface area contributed by atoms with Crippen molar-refractivity contribution in [2.45, 2.75) is 6.54 Å². The van der Waals surface area contributed by atoms with Gasteiger partial charge in [0.25, 0.3) is 0 Å². The number of hydrogen-bond donors (Lipinski definition) is 2. The Kier molecular flexibility index (Phi) is 5.86. The summed E-state index contributed by atoms with van der Waals surface area (Å²) in [7, 11) is 1.62. The van der Waals surface area contributed by atoms with Crippen molar-refractivity contribution in [3.63, 3.8) is 0 Å². The quantitative estimate of drug-likeness (QED) is 0.881. The van der Waals surface area contributed by atoms with Crippen molar-refractivity contribution in [1.82, 2.24) is 10.6 Å². The summed E-state index contributed by atoms with van der Waals surface area (Å²) in [4.78, 5) is 11.7. The van der Waals surface area contributed by atoms with Crippen LogP contribution in [0.5, 0.6) is 5.75 Å². The first-order chi connectivity index (χ1) is 10.7. The third-order valence-corrected chi connectivity index (χ3v) is 3.22. The van der Waals surface area contributed by atoms with Gasteiger partial charge in [-0.05, 0) is 41.5 Å². The number of amides is 2. The minimum absolute atomic E-state index is 0.264. The van der Waals surface area contributed by atoms with Crippen LogP contribution in [-0.4, -0.2) is 13.1 Å². The highest BCUT2D eigenvalue weighted by atomic mass is 35.5. The van der Waals surface area contributed by atoms with E-state index < -0.39 is 0 Å². The van der Waals surface area contributed by atoms with Gasteiger partial charge in [-0.15, -0.1) is 0 Å². The van der Waals surface area contributed by atoms with Crippen molar-refractivity contribution in [2.24, 2.45) is 0 Å². The van der Waals surface area contributed by atoms with Gasteiger partial charge in [0.1, 0.15) is 5.75 Å². The lowest BCUT2D eigenvalue weighted by atomic mass is 10.2. The number of rotatable bonds is 5. The second kappa shape index (κ2) is 8.10. The SMILES string of the molecule is COc1ccc(C=CNC(=O)NCc2ccc(Cl)cc2)cc1. The Hall–Kier alpha value is -2.46. The zero-order valence-electron chi connectivity index (χ0n) is 12.2. The molecule has 2 amide bonds. The Balaban J connectivity index is 1.76. The van der Waals surface area contributed by atoms with E-state index in [4.69, 9.17) is 16.3 Å². The number of ether oxygens (including phenoxy) is 1. The summed E-state index contributed by atoms with van der Waals surface area (Å²) in [5, 5.41) is 6.09. The predicted molar refractivity (Wildman–Crippen MR) is 88.9 cm³/mol. The van der Waals surface area contributed by atoms with Gasteiger partial charge in [-0.1, -0.05) is 35.9 Å². The Morgan fingerprint density at radius 1 is 1.14 bits per heavy atom. The van der Waals surface area contributed by atoms with Gasteiger partial charge in [0.15, 0.2) is 0 Å². The fourth-order valence-corrected chi connectivity index (χ4v) is 1.89. The summed E-state index contributed by atoms with van der Waals surface area (Å²) >= 11 is 5.80. The van der Waals surface area contributed by atoms with Crippen LogP contribution in [0.3, 0.4) is 0 Å². The molecule has 0 aliphatic heterocycles. The van der Waals surface area contributed by atoms with E-state index in [9.17, 15) is 4.79 Å². The van der Waals surface area contributed by atoms with Gasteiger partial charge in [0.2, 0.25) is 0 Å². The first kappa shape index (κ1) is 15.9. The zero-order valence-corrected chi connectivity index (χ0v) is 12.9. The van der Waals surface area contributed by atoms with E-state index in [1.165, 1.54) is 0 Å². The Bertz CT molecular complexity index is 637. The van der Waals surface area contributed by atoms with E-state index in [1.807, 2.05) is 36.4 Å². The molecule has 0 saturated heterocycles. The maximum atomic E-state index is 11.7. The maximum absolute atomic E-state index is 11.7. The lowest BCUT2D eigenvalue weighted by molar-refractivity contribution is 0.244. The van der Waals surface area contributed by atoms with Crippen molar-refractivity contribution in [3.8, 4) is 5.75 Å². The zero-order chi connectivity index (χ0) is 15.8. The van der Waals surface area contributed by atoms with E-state index in [0.717, 1.165) is 16.9 Å². The Labute approximate surface area is 134 Å². The van der Waals surface area contributed by atoms with E-state index in [-0.39, 0.29) is 6.03 Å². The summed E-state index contributed by atoms with van der Waals surface area (Å²) in [6.45, 7) is 0.444. The third-order valence-electron chi connectivity index (χ3n) is 2.97. The predicted octanol–water partition coefficient (Wildman–Crippen LogP) is 3.82. The molecule has 2 aromatic rings. The minimum atomic E-state index is -0.264. The molecule has 0 heterocycles. The second-order valence-corrected chi connectivity index (χ2v) is 5.00. The molecule has 0 unspecified atom stereocenters. The molecule has 4 nitrogen and oxygen atoms in total. The highest BCUT2D eigenvalue weighted by Crippen LogP contribution is 2.12. The van der Waals surface area contributed by atoms with Crippen LogP contribution in [-0.2, 0) is 6.54 Å². The number of nitrogens with one attached hydrogen (secondary N) is 2. The topological polar surface area (TPSA) is 50.4 Å². The van der Waals surface area contributed by atoms with Gasteiger partial charge < -0.3 is 15.4 Å². The Morgan fingerprint density at radius 2 is 1.82 bits per heavy atom. The van der Waals surface area contributed by atoms with E-state index >= 15 is 0 Å². The first-order valence-electron chi connectivity index (χ1n) is 6.77. The fourth-order valence-electron chi connectivity index (χ4n) is 1.76. The van der Waals surface area contributed by atoms with Gasteiger partial charge >= 0.3 is 6.03 Å². The molecule has 2 aromatic carbocycles. The minimum Gasteiger partial charge on any atom is -0.497 e. The van der Waals surface area contributed by atoms with E-state index in [1.54, 1.807) is 31.5 Å². The highest BCUT2D eigenvalue weighted by Gasteiger charge is 1.98. The number of hydrogen-bond acceptors (Lipinski definition) is 2. The van der Waals surface area contributed by atoms with Gasteiger partial charge in [0, 0.05) is 17.8 Å². The largest absolute Gasteiger partial charge is 0.497 e. The highest BCUT2D eigenvalue weighted by molar-refractivity contribution is 6.30. The molecule has 0 radical (unpaired) electrons. The summed E-state index contributed by atoms with van der Waals surface area (Å²) in [6, 6.07) is 14.6. The van der Waals surface area contributed by atoms with Crippen LogP contribution in [0.1, 0.15) is 11.1 Å². The average molecular weight is 317 g/mol. The van der Waals surface area contributed by atoms with Gasteiger partial charge in [-0.25, -0.2) is 4.79 Å². The molecule has 2 N–H and O–H groups in total. The van der Waals surface area contributed by atoms with Crippen molar-refractivity contribution in [2.75, 3.05) is 7.11 Å². The smallest absolute Gasteiger partial charge is 0.319 e. The fraction of sp³-hybridized carbons (Fsp3) is 0.118. The number of benzene rings is 2. The number of methoxy groups -OCH3 is 1. The van der Waals surface area contributed by atoms with Crippen molar-refractivity contribution in [3.05, 3.63) is 70.9 Å². The molecule has 0 aliphatic rings. The molecular weight excluding hydrogens is 300 g/mol. The van der Waals surface area contributed by atoms with E-state index in [0.29, 0.717) is 11.6 Å². The summed E-state index contributed by atoms with van der Waals surface area (Å²) in [5.41, 5.74) is 1.96. The van der Waals surface area contributed by atoms with Crippen LogP contribution in [0, 0.1) is 0 Å². The normalized spacial score (nSPS) is 10.5. The second-order valence-electron chi connectivity index (χ2n) is 4.56. The lowest BCUT2D eigenvalue weighted by Gasteiger charge is -2.05. The van der Waals surface area contributed by atoms with Gasteiger partial charge in [-0.3, -0.25) is 0 Å². The van der Waals surface area contributed by atoms with Crippen LogP contribution in [0.2, 0.25) is 5.02 Å². The lowest BCUT2D eigenvalue weighted by Crippen LogP contribution is -2.31. The van der Waals surface area contributed by atoms with Crippen LogP contribution < -0.4 is 15.4 Å². The molecule has 0 saturated carbocycles. The number of carbonyl (C=O) groups excluding carboxylic acids is 1. The van der Waals surface area contributed by atoms with Gasteiger partial charge in [-0.2, -0.15) is 0 Å². The molecule has 0 bridgehead atoms. The molecule has 0 aromatic heterocycles. The maximum Gasteiger partial charge on any atom is 0.319 e. The van der Waals surface area contributed by atoms with Gasteiger partial charge in [0.05, 0.1) is 7.11 Å². The van der Waals surface area contributed by atoms with Crippen LogP contribution in [0.4, 0.5) is 4.79 Å². The molecule has 0 atom stereocenters. The van der Waals surface area contributed by atoms with Crippen molar-refractivity contribution in [1.29, 1.82) is 0 Å². The summed E-state index contributed by atoms with van der Waals surface area (Å²) < 4.78 is 5.08. The molecule has 0 spiro atoms. The van der Waals surface area contributed by atoms with Crippen LogP contribution >= 0.6 is 11.6 Å². The molecule has 0 aliphatic carbocycles. The molecule has 114 valence electrons.